The Hall–Kier alpha value is -1.26. The standard InChI is InChI=1S/C15H21ClN2O2/c1-13(19)18-7-3-6-17(8-9-18)10-11-20-15-5-2-4-14(16)12-15/h2,4-5,12H,3,6-11H2,1H3. The van der Waals surface area contributed by atoms with Crippen LogP contribution in [0.5, 0.6) is 5.75 Å². The molecule has 1 fully saturated rings. The molecule has 2 rings (SSSR count). The van der Waals surface area contributed by atoms with E-state index in [0.29, 0.717) is 11.6 Å². The zero-order valence-corrected chi connectivity index (χ0v) is 12.6. The van der Waals surface area contributed by atoms with E-state index in [1.54, 1.807) is 6.92 Å². The summed E-state index contributed by atoms with van der Waals surface area (Å²) in [7, 11) is 0. The summed E-state index contributed by atoms with van der Waals surface area (Å²) < 4.78 is 5.70. The van der Waals surface area contributed by atoms with Crippen molar-refractivity contribution in [1.82, 2.24) is 9.80 Å². The van der Waals surface area contributed by atoms with Gasteiger partial charge in [-0.1, -0.05) is 17.7 Å². The Balaban J connectivity index is 1.73. The molecule has 0 N–H and O–H groups in total. The van der Waals surface area contributed by atoms with Crippen LogP contribution in [0, 0.1) is 0 Å². The van der Waals surface area contributed by atoms with Crippen molar-refractivity contribution in [3.8, 4) is 5.75 Å². The predicted octanol–water partition coefficient (Wildman–Crippen LogP) is 2.27. The van der Waals surface area contributed by atoms with E-state index in [0.717, 1.165) is 44.9 Å². The lowest BCUT2D eigenvalue weighted by atomic mass is 10.3. The number of carbonyl (C=O) groups is 1. The van der Waals surface area contributed by atoms with Crippen LogP contribution in [-0.2, 0) is 4.79 Å². The molecule has 1 aromatic rings. The highest BCUT2D eigenvalue weighted by Crippen LogP contribution is 2.17. The number of ether oxygens (including phenoxy) is 1. The summed E-state index contributed by atoms with van der Waals surface area (Å²) in [5.74, 6) is 0.972. The zero-order chi connectivity index (χ0) is 14.4. The molecule has 110 valence electrons. The number of hydrogen-bond acceptors (Lipinski definition) is 3. The largest absolute Gasteiger partial charge is 0.492 e. The summed E-state index contributed by atoms with van der Waals surface area (Å²) in [5, 5.41) is 0.689. The minimum absolute atomic E-state index is 0.169. The molecule has 0 aromatic heterocycles. The van der Waals surface area contributed by atoms with Crippen molar-refractivity contribution >= 4 is 17.5 Å². The van der Waals surface area contributed by atoms with E-state index >= 15 is 0 Å². The van der Waals surface area contributed by atoms with E-state index in [2.05, 4.69) is 4.90 Å². The van der Waals surface area contributed by atoms with Crippen molar-refractivity contribution in [2.45, 2.75) is 13.3 Å². The topological polar surface area (TPSA) is 32.8 Å². The van der Waals surface area contributed by atoms with Gasteiger partial charge in [0.2, 0.25) is 5.91 Å². The van der Waals surface area contributed by atoms with E-state index < -0.39 is 0 Å². The second-order valence-corrected chi connectivity index (χ2v) is 5.44. The predicted molar refractivity (Wildman–Crippen MR) is 80.3 cm³/mol. The number of amides is 1. The molecule has 4 nitrogen and oxygen atoms in total. The van der Waals surface area contributed by atoms with Gasteiger partial charge in [-0.3, -0.25) is 9.69 Å². The molecule has 0 aliphatic carbocycles. The van der Waals surface area contributed by atoms with Crippen LogP contribution in [0.15, 0.2) is 24.3 Å². The first kappa shape index (κ1) is 15.1. The van der Waals surface area contributed by atoms with Crippen molar-refractivity contribution < 1.29 is 9.53 Å². The molecule has 20 heavy (non-hydrogen) atoms. The van der Waals surface area contributed by atoms with Crippen LogP contribution in [0.25, 0.3) is 0 Å². The second kappa shape index (κ2) is 7.50. The van der Waals surface area contributed by atoms with Gasteiger partial charge in [-0.2, -0.15) is 0 Å². The Morgan fingerprint density at radius 3 is 2.90 bits per heavy atom. The molecule has 0 bridgehead atoms. The van der Waals surface area contributed by atoms with E-state index in [1.165, 1.54) is 0 Å². The number of rotatable bonds is 4. The number of hydrogen-bond donors (Lipinski definition) is 0. The van der Waals surface area contributed by atoms with Crippen LogP contribution in [0.4, 0.5) is 0 Å². The van der Waals surface area contributed by atoms with Gasteiger partial charge in [-0.15, -0.1) is 0 Å². The summed E-state index contributed by atoms with van der Waals surface area (Å²) in [4.78, 5) is 15.6. The highest BCUT2D eigenvalue weighted by Gasteiger charge is 2.16. The average Bonchev–Trinajstić information content (AvgIpc) is 2.64. The van der Waals surface area contributed by atoms with Gasteiger partial charge in [0.05, 0.1) is 0 Å². The average molecular weight is 297 g/mol. The fourth-order valence-corrected chi connectivity index (χ4v) is 2.54. The van der Waals surface area contributed by atoms with E-state index in [1.807, 2.05) is 29.2 Å². The normalized spacial score (nSPS) is 16.8. The van der Waals surface area contributed by atoms with Crippen molar-refractivity contribution in [2.75, 3.05) is 39.3 Å². The molecule has 0 radical (unpaired) electrons. The molecular weight excluding hydrogens is 276 g/mol. The van der Waals surface area contributed by atoms with Gasteiger partial charge in [0.25, 0.3) is 0 Å². The molecule has 5 heteroatoms. The molecule has 0 saturated carbocycles. The van der Waals surface area contributed by atoms with Crippen molar-refractivity contribution in [3.05, 3.63) is 29.3 Å². The molecule has 1 aromatic carbocycles. The Bertz CT molecular complexity index is 453. The maximum absolute atomic E-state index is 11.4. The van der Waals surface area contributed by atoms with Crippen LogP contribution < -0.4 is 4.74 Å². The van der Waals surface area contributed by atoms with Crippen LogP contribution in [0.3, 0.4) is 0 Å². The van der Waals surface area contributed by atoms with Crippen molar-refractivity contribution in [3.63, 3.8) is 0 Å². The number of halogens is 1. The third-order valence-corrected chi connectivity index (χ3v) is 3.74. The maximum Gasteiger partial charge on any atom is 0.219 e. The monoisotopic (exact) mass is 296 g/mol. The first-order valence-corrected chi connectivity index (χ1v) is 7.39. The number of benzene rings is 1. The van der Waals surface area contributed by atoms with Crippen molar-refractivity contribution in [1.29, 1.82) is 0 Å². The lowest BCUT2D eigenvalue weighted by Gasteiger charge is -2.21. The molecule has 1 aliphatic heterocycles. The number of carbonyl (C=O) groups excluding carboxylic acids is 1. The summed E-state index contributed by atoms with van der Waals surface area (Å²) in [6.45, 7) is 6.76. The smallest absolute Gasteiger partial charge is 0.219 e. The summed E-state index contributed by atoms with van der Waals surface area (Å²) in [6, 6.07) is 7.45. The van der Waals surface area contributed by atoms with Crippen LogP contribution >= 0.6 is 11.6 Å². The second-order valence-electron chi connectivity index (χ2n) is 5.01. The van der Waals surface area contributed by atoms with E-state index in [4.69, 9.17) is 16.3 Å². The lowest BCUT2D eigenvalue weighted by Crippen LogP contribution is -2.35. The third-order valence-electron chi connectivity index (χ3n) is 3.51. The van der Waals surface area contributed by atoms with E-state index in [-0.39, 0.29) is 5.91 Å². The van der Waals surface area contributed by atoms with Gasteiger partial charge in [-0.25, -0.2) is 0 Å². The Labute approximate surface area is 125 Å². The van der Waals surface area contributed by atoms with Gasteiger partial charge in [-0.05, 0) is 24.6 Å². The fourth-order valence-electron chi connectivity index (χ4n) is 2.36. The Morgan fingerprint density at radius 1 is 1.30 bits per heavy atom. The minimum atomic E-state index is 0.169. The van der Waals surface area contributed by atoms with E-state index in [9.17, 15) is 4.79 Å². The molecule has 0 unspecified atom stereocenters. The van der Waals surface area contributed by atoms with Gasteiger partial charge < -0.3 is 9.64 Å². The third kappa shape index (κ3) is 4.69. The highest BCUT2D eigenvalue weighted by atomic mass is 35.5. The SMILES string of the molecule is CC(=O)N1CCCN(CCOc2cccc(Cl)c2)CC1. The van der Waals surface area contributed by atoms with Crippen molar-refractivity contribution in [2.24, 2.45) is 0 Å². The van der Waals surface area contributed by atoms with Crippen LogP contribution in [-0.4, -0.2) is 55.0 Å². The van der Waals surface area contributed by atoms with Gasteiger partial charge in [0.15, 0.2) is 0 Å². The molecule has 1 aliphatic rings. The molecular formula is C15H21ClN2O2. The summed E-state index contributed by atoms with van der Waals surface area (Å²) in [5.41, 5.74) is 0. The van der Waals surface area contributed by atoms with Crippen LogP contribution in [0.1, 0.15) is 13.3 Å². The molecule has 1 heterocycles. The quantitative estimate of drug-likeness (QED) is 0.854. The molecule has 0 atom stereocenters. The first-order chi connectivity index (χ1) is 9.65. The zero-order valence-electron chi connectivity index (χ0n) is 11.8. The summed E-state index contributed by atoms with van der Waals surface area (Å²) in [6.07, 6.45) is 1.02. The fraction of sp³-hybridized carbons (Fsp3) is 0.533. The lowest BCUT2D eigenvalue weighted by molar-refractivity contribution is -0.128. The minimum Gasteiger partial charge on any atom is -0.492 e. The first-order valence-electron chi connectivity index (χ1n) is 7.01. The van der Waals surface area contributed by atoms with Gasteiger partial charge >= 0.3 is 0 Å². The Morgan fingerprint density at radius 2 is 2.15 bits per heavy atom. The maximum atomic E-state index is 11.4. The summed E-state index contributed by atoms with van der Waals surface area (Å²) >= 11 is 5.91. The molecule has 1 saturated heterocycles. The highest BCUT2D eigenvalue weighted by molar-refractivity contribution is 6.30. The molecule has 1 amide bonds. The van der Waals surface area contributed by atoms with Crippen LogP contribution in [0.2, 0.25) is 5.02 Å². The van der Waals surface area contributed by atoms with Gasteiger partial charge in [0.1, 0.15) is 12.4 Å². The molecule has 0 spiro atoms. The number of nitrogens with zero attached hydrogens (tertiary/aromatic N) is 2. The van der Waals surface area contributed by atoms with Gasteiger partial charge in [0, 0.05) is 44.7 Å². The Kier molecular flexibility index (Phi) is 5.68.